The number of anilines is 4. The van der Waals surface area contributed by atoms with Gasteiger partial charge in [0, 0.05) is 17.6 Å². The first-order chi connectivity index (χ1) is 16.4. The van der Waals surface area contributed by atoms with Crippen molar-refractivity contribution in [1.82, 2.24) is 9.97 Å². The molecule has 8 heteroatoms. The van der Waals surface area contributed by atoms with E-state index < -0.39 is 11.7 Å². The Morgan fingerprint density at radius 3 is 2.44 bits per heavy atom. The lowest BCUT2D eigenvalue weighted by Gasteiger charge is -2.17. The van der Waals surface area contributed by atoms with Gasteiger partial charge in [-0.25, -0.2) is 4.98 Å². The SMILES string of the molecule is CCCCc1ccccc1Nc1nc(Nc2ccc(OC3CCCC3)cc2)ncc1C(F)(F)F. The molecule has 34 heavy (non-hydrogen) atoms. The number of para-hydroxylation sites is 1. The Kier molecular flexibility index (Phi) is 7.55. The van der Waals surface area contributed by atoms with Crippen LogP contribution in [0.3, 0.4) is 0 Å². The number of hydrogen-bond donors (Lipinski definition) is 2. The molecule has 0 amide bonds. The van der Waals surface area contributed by atoms with Crippen LogP contribution in [0.15, 0.2) is 54.7 Å². The van der Waals surface area contributed by atoms with Crippen molar-refractivity contribution in [3.8, 4) is 5.75 Å². The molecular weight excluding hydrogens is 441 g/mol. The summed E-state index contributed by atoms with van der Waals surface area (Å²) in [6, 6.07) is 14.7. The Bertz CT molecular complexity index is 1080. The van der Waals surface area contributed by atoms with Crippen molar-refractivity contribution < 1.29 is 17.9 Å². The zero-order valence-corrected chi connectivity index (χ0v) is 19.2. The van der Waals surface area contributed by atoms with Crippen LogP contribution < -0.4 is 15.4 Å². The molecule has 1 saturated carbocycles. The lowest BCUT2D eigenvalue weighted by molar-refractivity contribution is -0.137. The van der Waals surface area contributed by atoms with Crippen molar-refractivity contribution in [2.75, 3.05) is 10.6 Å². The first kappa shape index (κ1) is 23.9. The Hall–Kier alpha value is -3.29. The Morgan fingerprint density at radius 2 is 1.74 bits per heavy atom. The van der Waals surface area contributed by atoms with Crippen molar-refractivity contribution in [3.05, 3.63) is 65.9 Å². The molecule has 0 spiro atoms. The Labute approximate surface area is 197 Å². The smallest absolute Gasteiger partial charge is 0.421 e. The number of alkyl halides is 3. The van der Waals surface area contributed by atoms with Gasteiger partial charge in [0.15, 0.2) is 0 Å². The number of aryl methyl sites for hydroxylation is 1. The van der Waals surface area contributed by atoms with Gasteiger partial charge in [-0.1, -0.05) is 31.5 Å². The van der Waals surface area contributed by atoms with E-state index >= 15 is 0 Å². The van der Waals surface area contributed by atoms with E-state index in [0.29, 0.717) is 11.4 Å². The van der Waals surface area contributed by atoms with Gasteiger partial charge in [0.25, 0.3) is 0 Å². The van der Waals surface area contributed by atoms with E-state index in [1.165, 1.54) is 12.8 Å². The molecule has 1 heterocycles. The van der Waals surface area contributed by atoms with Gasteiger partial charge < -0.3 is 15.4 Å². The third-order valence-electron chi connectivity index (χ3n) is 5.88. The second kappa shape index (κ2) is 10.8. The van der Waals surface area contributed by atoms with Crippen molar-refractivity contribution in [3.63, 3.8) is 0 Å². The van der Waals surface area contributed by atoms with E-state index in [4.69, 9.17) is 4.74 Å². The van der Waals surface area contributed by atoms with E-state index in [2.05, 4.69) is 27.5 Å². The number of nitrogens with one attached hydrogen (secondary N) is 2. The monoisotopic (exact) mass is 470 g/mol. The fraction of sp³-hybridized carbons (Fsp3) is 0.385. The van der Waals surface area contributed by atoms with Gasteiger partial charge in [-0.2, -0.15) is 18.2 Å². The van der Waals surface area contributed by atoms with Crippen LogP contribution in [0.1, 0.15) is 56.6 Å². The summed E-state index contributed by atoms with van der Waals surface area (Å²) in [6.07, 6.45) is 3.70. The van der Waals surface area contributed by atoms with Gasteiger partial charge in [0.2, 0.25) is 5.95 Å². The topological polar surface area (TPSA) is 59.1 Å². The second-order valence-corrected chi connectivity index (χ2v) is 8.51. The summed E-state index contributed by atoms with van der Waals surface area (Å²) in [5, 5.41) is 5.89. The summed E-state index contributed by atoms with van der Waals surface area (Å²) in [5.41, 5.74) is 1.31. The molecule has 0 saturated heterocycles. The van der Waals surface area contributed by atoms with Gasteiger partial charge in [0.05, 0.1) is 6.10 Å². The van der Waals surface area contributed by atoms with Crippen molar-refractivity contribution in [2.24, 2.45) is 0 Å². The number of unbranched alkanes of at least 4 members (excludes halogenated alkanes) is 1. The number of ether oxygens (including phenoxy) is 1. The van der Waals surface area contributed by atoms with Crippen LogP contribution >= 0.6 is 0 Å². The highest BCUT2D eigenvalue weighted by molar-refractivity contribution is 5.65. The summed E-state index contributed by atoms with van der Waals surface area (Å²) in [7, 11) is 0. The van der Waals surface area contributed by atoms with Gasteiger partial charge in [-0.15, -0.1) is 0 Å². The molecular formula is C26H29F3N4O. The molecule has 0 atom stereocenters. The first-order valence-corrected chi connectivity index (χ1v) is 11.8. The van der Waals surface area contributed by atoms with E-state index in [0.717, 1.165) is 49.6 Å². The molecule has 5 nitrogen and oxygen atoms in total. The average Bonchev–Trinajstić information content (AvgIpc) is 3.32. The van der Waals surface area contributed by atoms with Gasteiger partial charge in [-0.05, 0) is 74.4 Å². The van der Waals surface area contributed by atoms with Crippen molar-refractivity contribution >= 4 is 23.1 Å². The predicted molar refractivity (Wildman–Crippen MR) is 128 cm³/mol. The highest BCUT2D eigenvalue weighted by atomic mass is 19.4. The summed E-state index contributed by atoms with van der Waals surface area (Å²) in [4.78, 5) is 8.08. The van der Waals surface area contributed by atoms with Crippen LogP contribution in [-0.4, -0.2) is 16.1 Å². The summed E-state index contributed by atoms with van der Waals surface area (Å²) in [6.45, 7) is 2.08. The fourth-order valence-electron chi connectivity index (χ4n) is 4.04. The predicted octanol–water partition coefficient (Wildman–Crippen LogP) is 7.65. The minimum absolute atomic E-state index is 0.0750. The maximum Gasteiger partial charge on any atom is 0.421 e. The number of benzene rings is 2. The Balaban J connectivity index is 1.54. The van der Waals surface area contributed by atoms with Crippen LogP contribution in [-0.2, 0) is 12.6 Å². The van der Waals surface area contributed by atoms with Crippen LogP contribution in [0.25, 0.3) is 0 Å². The normalized spacial score (nSPS) is 14.2. The maximum atomic E-state index is 13.7. The number of nitrogens with zero attached hydrogens (tertiary/aromatic N) is 2. The number of hydrogen-bond acceptors (Lipinski definition) is 5. The first-order valence-electron chi connectivity index (χ1n) is 11.8. The largest absolute Gasteiger partial charge is 0.490 e. The van der Waals surface area contributed by atoms with Crippen molar-refractivity contribution in [1.29, 1.82) is 0 Å². The molecule has 2 aromatic carbocycles. The molecule has 2 N–H and O–H groups in total. The molecule has 0 radical (unpaired) electrons. The maximum absolute atomic E-state index is 13.7. The van der Waals surface area contributed by atoms with Gasteiger partial charge >= 0.3 is 6.18 Å². The van der Waals surface area contributed by atoms with Crippen LogP contribution in [0, 0.1) is 0 Å². The van der Waals surface area contributed by atoms with Crippen LogP contribution in [0.2, 0.25) is 0 Å². The number of rotatable bonds is 9. The highest BCUT2D eigenvalue weighted by Crippen LogP contribution is 2.36. The summed E-state index contributed by atoms with van der Waals surface area (Å²) in [5.74, 6) is 0.568. The van der Waals surface area contributed by atoms with Crippen LogP contribution in [0.5, 0.6) is 5.75 Å². The van der Waals surface area contributed by atoms with Crippen LogP contribution in [0.4, 0.5) is 36.3 Å². The molecule has 4 rings (SSSR count). The molecule has 1 aliphatic rings. The Morgan fingerprint density at radius 1 is 1.00 bits per heavy atom. The zero-order chi connectivity index (χ0) is 24.0. The second-order valence-electron chi connectivity index (χ2n) is 8.51. The number of halogens is 3. The zero-order valence-electron chi connectivity index (χ0n) is 19.2. The van der Waals surface area contributed by atoms with E-state index in [1.807, 2.05) is 24.3 Å². The lowest BCUT2D eigenvalue weighted by Crippen LogP contribution is -2.13. The molecule has 1 aromatic heterocycles. The van der Waals surface area contributed by atoms with E-state index in [-0.39, 0.29) is 17.9 Å². The summed E-state index contributed by atoms with van der Waals surface area (Å²) >= 11 is 0. The third-order valence-corrected chi connectivity index (χ3v) is 5.88. The van der Waals surface area contributed by atoms with Crippen molar-refractivity contribution in [2.45, 2.75) is 64.1 Å². The lowest BCUT2D eigenvalue weighted by atomic mass is 10.1. The molecule has 0 unspecified atom stereocenters. The minimum atomic E-state index is -4.58. The molecule has 3 aromatic rings. The molecule has 0 aliphatic heterocycles. The van der Waals surface area contributed by atoms with E-state index in [1.54, 1.807) is 24.3 Å². The van der Waals surface area contributed by atoms with Gasteiger partial charge in [0.1, 0.15) is 17.1 Å². The average molecular weight is 471 g/mol. The van der Waals surface area contributed by atoms with Gasteiger partial charge in [-0.3, -0.25) is 0 Å². The molecule has 180 valence electrons. The molecule has 1 fully saturated rings. The highest BCUT2D eigenvalue weighted by Gasteiger charge is 2.35. The minimum Gasteiger partial charge on any atom is -0.490 e. The quantitative estimate of drug-likeness (QED) is 0.336. The standard InChI is InChI=1S/C26H29F3N4O/c1-2-3-8-18-9-4-7-12-23(18)32-24-22(26(27,28)29)17-30-25(33-24)31-19-13-15-21(16-14-19)34-20-10-5-6-11-20/h4,7,9,12-17,20H,2-3,5-6,8,10-11H2,1H3,(H2,30,31,32,33). The molecule has 0 bridgehead atoms. The summed E-state index contributed by atoms with van der Waals surface area (Å²) < 4.78 is 47.0. The molecule has 1 aliphatic carbocycles. The third kappa shape index (κ3) is 6.18. The number of aromatic nitrogens is 2. The fourth-order valence-corrected chi connectivity index (χ4v) is 4.04. The van der Waals surface area contributed by atoms with E-state index in [9.17, 15) is 13.2 Å².